The normalized spacial score (nSPS) is 11.4. The largest absolute Gasteiger partial charge is 0.573 e. The van der Waals surface area contributed by atoms with E-state index in [-0.39, 0.29) is 17.8 Å². The molecular formula is C10H7F5N2O. The van der Waals surface area contributed by atoms with Crippen molar-refractivity contribution in [3.63, 3.8) is 0 Å². The number of hydrogen-bond donors (Lipinski definition) is 0. The Bertz CT molecular complexity index is 478. The number of halogens is 5. The van der Waals surface area contributed by atoms with E-state index in [1.54, 1.807) is 6.07 Å². The van der Waals surface area contributed by atoms with Crippen LogP contribution < -0.4 is 4.74 Å². The highest BCUT2D eigenvalue weighted by Gasteiger charge is 2.34. The molecule has 0 atom stereocenters. The number of rotatable bonds is 3. The highest BCUT2D eigenvalue weighted by Crippen LogP contribution is 2.35. The molecule has 0 radical (unpaired) electrons. The van der Waals surface area contributed by atoms with Crippen molar-refractivity contribution < 1.29 is 26.7 Å². The van der Waals surface area contributed by atoms with Gasteiger partial charge in [-0.1, -0.05) is 0 Å². The maximum atomic E-state index is 12.6. The molecule has 1 rings (SSSR count). The Labute approximate surface area is 98.8 Å². The number of ether oxygens (including phenoxy) is 1. The molecule has 1 aromatic rings. The first-order valence-electron chi connectivity index (χ1n) is 4.66. The van der Waals surface area contributed by atoms with Crippen molar-refractivity contribution in [1.82, 2.24) is 4.98 Å². The van der Waals surface area contributed by atoms with Crippen LogP contribution in [-0.2, 0) is 6.42 Å². The second-order valence-corrected chi connectivity index (χ2v) is 3.29. The van der Waals surface area contributed by atoms with Crippen molar-refractivity contribution >= 4 is 0 Å². The third-order valence-electron chi connectivity index (χ3n) is 1.97. The molecule has 0 aliphatic rings. The van der Waals surface area contributed by atoms with Crippen molar-refractivity contribution in [3.05, 3.63) is 23.0 Å². The first-order chi connectivity index (χ1) is 8.24. The van der Waals surface area contributed by atoms with Crippen LogP contribution in [0.15, 0.2) is 6.07 Å². The van der Waals surface area contributed by atoms with Gasteiger partial charge >= 0.3 is 6.36 Å². The summed E-state index contributed by atoms with van der Waals surface area (Å²) in [5.41, 5.74) is -1.27. The summed E-state index contributed by atoms with van der Waals surface area (Å²) in [6, 6.07) is 2.36. The summed E-state index contributed by atoms with van der Waals surface area (Å²) in [6.45, 7) is 1.13. The number of aryl methyl sites for hydroxylation is 1. The minimum absolute atomic E-state index is 0.0568. The van der Waals surface area contributed by atoms with E-state index in [2.05, 4.69) is 9.72 Å². The van der Waals surface area contributed by atoms with Gasteiger partial charge in [0.25, 0.3) is 6.43 Å². The lowest BCUT2D eigenvalue weighted by Crippen LogP contribution is -2.19. The van der Waals surface area contributed by atoms with Crippen LogP contribution >= 0.6 is 0 Å². The molecule has 0 spiro atoms. The van der Waals surface area contributed by atoms with Gasteiger partial charge in [-0.15, -0.1) is 13.2 Å². The molecule has 0 unspecified atom stereocenters. The summed E-state index contributed by atoms with van der Waals surface area (Å²) < 4.78 is 65.0. The van der Waals surface area contributed by atoms with Gasteiger partial charge in [0.1, 0.15) is 5.75 Å². The second-order valence-electron chi connectivity index (χ2n) is 3.29. The van der Waals surface area contributed by atoms with Crippen molar-refractivity contribution in [3.8, 4) is 11.8 Å². The molecule has 0 N–H and O–H groups in total. The van der Waals surface area contributed by atoms with Gasteiger partial charge in [-0.25, -0.2) is 8.78 Å². The molecule has 0 aliphatic heterocycles. The van der Waals surface area contributed by atoms with Gasteiger partial charge < -0.3 is 4.74 Å². The smallest absolute Gasteiger partial charge is 0.405 e. The van der Waals surface area contributed by atoms with Gasteiger partial charge in [-0.2, -0.15) is 5.26 Å². The Morgan fingerprint density at radius 2 is 2.06 bits per heavy atom. The van der Waals surface area contributed by atoms with Gasteiger partial charge in [0.15, 0.2) is 0 Å². The van der Waals surface area contributed by atoms with E-state index >= 15 is 0 Å². The molecule has 0 amide bonds. The van der Waals surface area contributed by atoms with Crippen molar-refractivity contribution in [1.29, 1.82) is 5.26 Å². The van der Waals surface area contributed by atoms with E-state index in [4.69, 9.17) is 5.26 Å². The molecule has 18 heavy (non-hydrogen) atoms. The molecule has 1 aromatic heterocycles. The third-order valence-corrected chi connectivity index (χ3v) is 1.97. The molecule has 0 bridgehead atoms. The SMILES string of the molecule is Cc1nc(CC#N)cc(OC(F)(F)F)c1C(F)F. The summed E-state index contributed by atoms with van der Waals surface area (Å²) >= 11 is 0. The Kier molecular flexibility index (Phi) is 4.06. The molecule has 1 heterocycles. The van der Waals surface area contributed by atoms with Crippen LogP contribution in [0.2, 0.25) is 0 Å². The first-order valence-corrected chi connectivity index (χ1v) is 4.66. The minimum atomic E-state index is -5.08. The molecule has 3 nitrogen and oxygen atoms in total. The average molecular weight is 266 g/mol. The van der Waals surface area contributed by atoms with Gasteiger partial charge in [-0.3, -0.25) is 4.98 Å². The van der Waals surface area contributed by atoms with E-state index in [0.717, 1.165) is 6.92 Å². The Morgan fingerprint density at radius 1 is 1.44 bits per heavy atom. The number of aromatic nitrogens is 1. The van der Waals surface area contributed by atoms with Crippen molar-refractivity contribution in [2.24, 2.45) is 0 Å². The summed E-state index contributed by atoms with van der Waals surface area (Å²) in [5, 5.41) is 8.41. The van der Waals surface area contributed by atoms with Crippen molar-refractivity contribution in [2.45, 2.75) is 26.1 Å². The quantitative estimate of drug-likeness (QED) is 0.788. The second kappa shape index (κ2) is 5.16. The topological polar surface area (TPSA) is 45.9 Å². The highest BCUT2D eigenvalue weighted by molar-refractivity contribution is 5.39. The fourth-order valence-corrected chi connectivity index (χ4v) is 1.36. The van der Waals surface area contributed by atoms with Crippen LogP contribution in [0.3, 0.4) is 0 Å². The molecule has 0 aromatic carbocycles. The fraction of sp³-hybridized carbons (Fsp3) is 0.400. The minimum Gasteiger partial charge on any atom is -0.405 e. The lowest BCUT2D eigenvalue weighted by atomic mass is 10.1. The highest BCUT2D eigenvalue weighted by atomic mass is 19.4. The van der Waals surface area contributed by atoms with Crippen molar-refractivity contribution in [2.75, 3.05) is 0 Å². The standard InChI is InChI=1S/C10H7F5N2O/c1-5-8(9(11)12)7(18-10(13,14)15)4-6(17-5)2-3-16/h4,9H,2H2,1H3. The van der Waals surface area contributed by atoms with E-state index in [9.17, 15) is 22.0 Å². The number of alkyl halides is 5. The zero-order chi connectivity index (χ0) is 13.9. The summed E-state index contributed by atoms with van der Waals surface area (Å²) in [6.07, 6.45) is -8.52. The Hall–Kier alpha value is -1.91. The van der Waals surface area contributed by atoms with Crippen LogP contribution in [0.4, 0.5) is 22.0 Å². The number of pyridine rings is 1. The fourth-order valence-electron chi connectivity index (χ4n) is 1.36. The lowest BCUT2D eigenvalue weighted by molar-refractivity contribution is -0.275. The van der Waals surface area contributed by atoms with Gasteiger partial charge in [0.2, 0.25) is 0 Å². The van der Waals surface area contributed by atoms with E-state index < -0.39 is 24.1 Å². The van der Waals surface area contributed by atoms with E-state index in [0.29, 0.717) is 6.07 Å². The molecule has 0 aliphatic carbocycles. The number of nitrogens with zero attached hydrogens (tertiary/aromatic N) is 2. The number of hydrogen-bond acceptors (Lipinski definition) is 3. The molecule has 0 saturated heterocycles. The first kappa shape index (κ1) is 14.2. The van der Waals surface area contributed by atoms with Crippen LogP contribution in [0.5, 0.6) is 5.75 Å². The van der Waals surface area contributed by atoms with Crippen LogP contribution in [0.1, 0.15) is 23.4 Å². The van der Waals surface area contributed by atoms with E-state index in [1.807, 2.05) is 0 Å². The van der Waals surface area contributed by atoms with Gasteiger partial charge in [0.05, 0.1) is 29.4 Å². The average Bonchev–Trinajstić information content (AvgIpc) is 2.13. The predicted octanol–water partition coefficient (Wildman–Crippen LogP) is 3.29. The molecule has 8 heteroatoms. The van der Waals surface area contributed by atoms with Gasteiger partial charge in [0, 0.05) is 6.07 Å². The summed E-state index contributed by atoms with van der Waals surface area (Å²) in [5.74, 6) is -1.02. The Morgan fingerprint density at radius 3 is 2.50 bits per heavy atom. The maximum Gasteiger partial charge on any atom is 0.573 e. The van der Waals surface area contributed by atoms with Crippen LogP contribution in [-0.4, -0.2) is 11.3 Å². The van der Waals surface area contributed by atoms with E-state index in [1.165, 1.54) is 0 Å². The van der Waals surface area contributed by atoms with Crippen LogP contribution in [0.25, 0.3) is 0 Å². The van der Waals surface area contributed by atoms with Crippen LogP contribution in [0, 0.1) is 18.3 Å². The lowest BCUT2D eigenvalue weighted by Gasteiger charge is -2.15. The molecular weight excluding hydrogens is 259 g/mol. The predicted molar refractivity (Wildman–Crippen MR) is 49.9 cm³/mol. The van der Waals surface area contributed by atoms with Gasteiger partial charge in [-0.05, 0) is 6.92 Å². The monoisotopic (exact) mass is 266 g/mol. The zero-order valence-corrected chi connectivity index (χ0v) is 9.05. The Balaban J connectivity index is 3.29. The maximum absolute atomic E-state index is 12.6. The third kappa shape index (κ3) is 3.55. The summed E-state index contributed by atoms with van der Waals surface area (Å²) in [4.78, 5) is 3.62. The number of nitriles is 1. The summed E-state index contributed by atoms with van der Waals surface area (Å²) in [7, 11) is 0. The molecule has 0 saturated carbocycles. The zero-order valence-electron chi connectivity index (χ0n) is 9.05. The molecule has 0 fully saturated rings. The molecule has 98 valence electrons.